The predicted octanol–water partition coefficient (Wildman–Crippen LogP) is 3.16. The zero-order valence-corrected chi connectivity index (χ0v) is 14.4. The molecule has 0 fully saturated rings. The van der Waals surface area contributed by atoms with Gasteiger partial charge in [0.1, 0.15) is 0 Å². The van der Waals surface area contributed by atoms with Crippen LogP contribution in [-0.4, -0.2) is 19.6 Å². The number of benzene rings is 1. The van der Waals surface area contributed by atoms with Gasteiger partial charge in [0.25, 0.3) is 0 Å². The van der Waals surface area contributed by atoms with Crippen molar-refractivity contribution in [3.8, 4) is 6.07 Å². The topological polar surface area (TPSA) is 60.2 Å². The Balaban J connectivity index is 1.75. The maximum absolute atomic E-state index is 8.80. The third-order valence-corrected chi connectivity index (χ3v) is 4.41. The van der Waals surface area contributed by atoms with E-state index in [9.17, 15) is 0 Å². The van der Waals surface area contributed by atoms with Crippen LogP contribution >= 0.6 is 11.3 Å². The van der Waals surface area contributed by atoms with Crippen LogP contribution in [-0.2, 0) is 13.0 Å². The molecule has 0 aliphatic carbocycles. The lowest BCUT2D eigenvalue weighted by molar-refractivity contribution is 0.562. The van der Waals surface area contributed by atoms with E-state index in [4.69, 9.17) is 5.26 Å². The van der Waals surface area contributed by atoms with E-state index in [1.807, 2.05) is 24.3 Å². The number of hydrogen-bond acceptors (Lipinski definition) is 3. The van der Waals surface area contributed by atoms with Gasteiger partial charge in [0.2, 0.25) is 0 Å². The second-order valence-corrected chi connectivity index (χ2v) is 6.54. The van der Waals surface area contributed by atoms with Crippen LogP contribution in [0.3, 0.4) is 0 Å². The number of hydrogen-bond donors (Lipinski definition) is 2. The Bertz CT molecular complexity index is 653. The van der Waals surface area contributed by atoms with Crippen molar-refractivity contribution in [2.75, 3.05) is 13.6 Å². The monoisotopic (exact) mass is 326 g/mol. The number of nitrogens with zero attached hydrogens (tertiary/aromatic N) is 2. The van der Waals surface area contributed by atoms with Gasteiger partial charge in [-0.25, -0.2) is 0 Å². The molecule has 4 nitrogen and oxygen atoms in total. The normalized spacial score (nSPS) is 12.5. The van der Waals surface area contributed by atoms with Gasteiger partial charge in [-0.15, -0.1) is 11.3 Å². The molecule has 1 heterocycles. The highest BCUT2D eigenvalue weighted by Crippen LogP contribution is 2.13. The molecule has 1 aromatic heterocycles. The SMILES string of the molecule is CN=C(NCc1ccc(C#N)cc1)NCC(C)Cc1cccs1. The molecule has 2 N–H and O–H groups in total. The molecule has 0 bridgehead atoms. The first-order chi connectivity index (χ1) is 11.2. The van der Waals surface area contributed by atoms with E-state index in [-0.39, 0.29) is 0 Å². The lowest BCUT2D eigenvalue weighted by Crippen LogP contribution is -2.39. The minimum absolute atomic E-state index is 0.544. The summed E-state index contributed by atoms with van der Waals surface area (Å²) < 4.78 is 0. The van der Waals surface area contributed by atoms with Crippen molar-refractivity contribution in [2.24, 2.45) is 10.9 Å². The molecule has 1 atom stereocenters. The summed E-state index contributed by atoms with van der Waals surface area (Å²) in [6.45, 7) is 3.80. The van der Waals surface area contributed by atoms with E-state index in [0.29, 0.717) is 18.0 Å². The van der Waals surface area contributed by atoms with Crippen molar-refractivity contribution in [3.63, 3.8) is 0 Å². The maximum atomic E-state index is 8.80. The minimum Gasteiger partial charge on any atom is -0.356 e. The first-order valence-corrected chi connectivity index (χ1v) is 8.55. The second-order valence-electron chi connectivity index (χ2n) is 5.50. The molecular weight excluding hydrogens is 304 g/mol. The van der Waals surface area contributed by atoms with E-state index in [1.54, 1.807) is 18.4 Å². The molecule has 2 rings (SSSR count). The Morgan fingerprint density at radius 3 is 2.65 bits per heavy atom. The Morgan fingerprint density at radius 2 is 2.04 bits per heavy atom. The molecule has 0 saturated heterocycles. The van der Waals surface area contributed by atoms with Crippen molar-refractivity contribution in [3.05, 3.63) is 57.8 Å². The lowest BCUT2D eigenvalue weighted by Gasteiger charge is -2.15. The van der Waals surface area contributed by atoms with E-state index >= 15 is 0 Å². The molecule has 0 spiro atoms. The molecular formula is C18H22N4S. The van der Waals surface area contributed by atoms with Crippen LogP contribution in [0.2, 0.25) is 0 Å². The van der Waals surface area contributed by atoms with Crippen LogP contribution in [0.25, 0.3) is 0 Å². The highest BCUT2D eigenvalue weighted by molar-refractivity contribution is 7.09. The number of thiophene rings is 1. The Hall–Kier alpha value is -2.32. The lowest BCUT2D eigenvalue weighted by atomic mass is 10.1. The van der Waals surface area contributed by atoms with Crippen LogP contribution in [0.15, 0.2) is 46.8 Å². The highest BCUT2D eigenvalue weighted by atomic mass is 32.1. The summed E-state index contributed by atoms with van der Waals surface area (Å²) in [7, 11) is 1.78. The number of aliphatic imine (C=N–C) groups is 1. The number of rotatable bonds is 6. The average molecular weight is 326 g/mol. The van der Waals surface area contributed by atoms with Crippen LogP contribution < -0.4 is 10.6 Å². The molecule has 0 amide bonds. The Kier molecular flexibility index (Phi) is 6.64. The third-order valence-electron chi connectivity index (χ3n) is 3.51. The van der Waals surface area contributed by atoms with Crippen LogP contribution in [0, 0.1) is 17.2 Å². The number of nitriles is 1. The molecule has 1 unspecified atom stereocenters. The van der Waals surface area contributed by atoms with Gasteiger partial charge in [0, 0.05) is 25.0 Å². The van der Waals surface area contributed by atoms with E-state index in [0.717, 1.165) is 24.5 Å². The fourth-order valence-corrected chi connectivity index (χ4v) is 3.09. The first kappa shape index (κ1) is 17.0. The second kappa shape index (κ2) is 8.96. The van der Waals surface area contributed by atoms with Crippen LogP contribution in [0.4, 0.5) is 0 Å². The standard InChI is InChI=1S/C18H22N4S/c1-14(10-17-4-3-9-23-17)12-21-18(20-2)22-13-16-7-5-15(11-19)6-8-16/h3-9,14H,10,12-13H2,1-2H3,(H2,20,21,22). The summed E-state index contributed by atoms with van der Waals surface area (Å²) in [5.41, 5.74) is 1.80. The Morgan fingerprint density at radius 1 is 1.26 bits per heavy atom. The first-order valence-electron chi connectivity index (χ1n) is 7.67. The highest BCUT2D eigenvalue weighted by Gasteiger charge is 2.06. The molecule has 0 saturated carbocycles. The van der Waals surface area contributed by atoms with Crippen molar-refractivity contribution in [1.29, 1.82) is 5.26 Å². The summed E-state index contributed by atoms with van der Waals surface area (Å²) in [4.78, 5) is 5.67. The van der Waals surface area contributed by atoms with Gasteiger partial charge < -0.3 is 10.6 Å². The van der Waals surface area contributed by atoms with Gasteiger partial charge in [-0.2, -0.15) is 5.26 Å². The zero-order chi connectivity index (χ0) is 16.5. The van der Waals surface area contributed by atoms with Crippen LogP contribution in [0.5, 0.6) is 0 Å². The van der Waals surface area contributed by atoms with Gasteiger partial charge in [-0.05, 0) is 41.5 Å². The van der Waals surface area contributed by atoms with Crippen molar-refractivity contribution in [2.45, 2.75) is 19.9 Å². The van der Waals surface area contributed by atoms with Gasteiger partial charge >= 0.3 is 0 Å². The summed E-state index contributed by atoms with van der Waals surface area (Å²) >= 11 is 1.81. The predicted molar refractivity (Wildman–Crippen MR) is 96.5 cm³/mol. The molecule has 2 aromatic rings. The molecule has 5 heteroatoms. The van der Waals surface area contributed by atoms with Gasteiger partial charge in [-0.1, -0.05) is 25.1 Å². The summed E-state index contributed by atoms with van der Waals surface area (Å²) in [5, 5.41) is 17.6. The smallest absolute Gasteiger partial charge is 0.191 e. The molecule has 0 radical (unpaired) electrons. The van der Waals surface area contributed by atoms with E-state index in [2.05, 4.69) is 46.1 Å². The van der Waals surface area contributed by atoms with Crippen molar-refractivity contribution < 1.29 is 0 Å². The van der Waals surface area contributed by atoms with Crippen LogP contribution in [0.1, 0.15) is 22.9 Å². The van der Waals surface area contributed by atoms with Gasteiger partial charge in [0.05, 0.1) is 11.6 Å². The van der Waals surface area contributed by atoms with Crippen molar-refractivity contribution >= 4 is 17.3 Å². The zero-order valence-electron chi connectivity index (χ0n) is 13.5. The fourth-order valence-electron chi connectivity index (χ4n) is 2.22. The summed E-state index contributed by atoms with van der Waals surface area (Å²) in [6, 6.07) is 14.0. The molecule has 0 aliphatic heterocycles. The molecule has 0 aliphatic rings. The van der Waals surface area contributed by atoms with Gasteiger partial charge in [-0.3, -0.25) is 4.99 Å². The van der Waals surface area contributed by atoms with Gasteiger partial charge in [0.15, 0.2) is 5.96 Å². The minimum atomic E-state index is 0.544. The third kappa shape index (κ3) is 5.76. The maximum Gasteiger partial charge on any atom is 0.191 e. The molecule has 23 heavy (non-hydrogen) atoms. The summed E-state index contributed by atoms with van der Waals surface area (Å²) in [6.07, 6.45) is 1.08. The number of nitrogens with one attached hydrogen (secondary N) is 2. The Labute approximate surface area is 141 Å². The van der Waals surface area contributed by atoms with Crippen molar-refractivity contribution in [1.82, 2.24) is 10.6 Å². The largest absolute Gasteiger partial charge is 0.356 e. The molecule has 120 valence electrons. The van der Waals surface area contributed by atoms with E-state index in [1.165, 1.54) is 4.88 Å². The summed E-state index contributed by atoms with van der Waals surface area (Å²) in [5.74, 6) is 1.34. The molecule has 1 aromatic carbocycles. The quantitative estimate of drug-likeness (QED) is 0.633. The fraction of sp³-hybridized carbons (Fsp3) is 0.333. The van der Waals surface area contributed by atoms with E-state index < -0.39 is 0 Å². The number of guanidine groups is 1. The average Bonchev–Trinajstić information content (AvgIpc) is 3.08.